The van der Waals surface area contributed by atoms with E-state index >= 15 is 0 Å². The average molecular weight is 405 g/mol. The third-order valence-electron chi connectivity index (χ3n) is 3.85. The number of methoxy groups -OCH3 is 2. The first-order valence-electron chi connectivity index (χ1n) is 8.16. The number of amides is 1. The van der Waals surface area contributed by atoms with Crippen molar-refractivity contribution in [2.45, 2.75) is 11.6 Å². The molecule has 142 valence electrons. The summed E-state index contributed by atoms with van der Waals surface area (Å²) in [6.07, 6.45) is 0.733. The minimum Gasteiger partial charge on any atom is -0.497 e. The lowest BCUT2D eigenvalue weighted by molar-refractivity contribution is -0.113. The van der Waals surface area contributed by atoms with Crippen molar-refractivity contribution in [1.29, 1.82) is 0 Å². The number of nitrogens with one attached hydrogen (secondary N) is 1. The fourth-order valence-electron chi connectivity index (χ4n) is 2.41. The Kier molecular flexibility index (Phi) is 6.36. The van der Waals surface area contributed by atoms with Crippen LogP contribution in [0.5, 0.6) is 11.5 Å². The third-order valence-corrected chi connectivity index (χ3v) is 5.75. The molecule has 0 unspecified atom stereocenters. The van der Waals surface area contributed by atoms with E-state index < -0.39 is 0 Å². The number of thiophene rings is 1. The molecule has 0 fully saturated rings. The van der Waals surface area contributed by atoms with Crippen molar-refractivity contribution in [3.8, 4) is 11.5 Å². The molecule has 9 heteroatoms. The molecule has 0 atom stereocenters. The molecule has 1 amide bonds. The number of hydrogen-bond acceptors (Lipinski definition) is 7. The highest BCUT2D eigenvalue weighted by Crippen LogP contribution is 2.29. The van der Waals surface area contributed by atoms with Gasteiger partial charge in [-0.3, -0.25) is 4.79 Å². The minimum absolute atomic E-state index is 0.147. The number of nitrogens with zero attached hydrogens (tertiary/aromatic N) is 3. The number of benzene rings is 1. The lowest BCUT2D eigenvalue weighted by Gasteiger charge is -2.11. The second-order valence-electron chi connectivity index (χ2n) is 5.62. The van der Waals surface area contributed by atoms with Crippen LogP contribution in [0, 0.1) is 0 Å². The molecule has 1 N–H and O–H groups in total. The van der Waals surface area contributed by atoms with Crippen LogP contribution in [0.2, 0.25) is 0 Å². The largest absolute Gasteiger partial charge is 0.497 e. The molecule has 7 nitrogen and oxygen atoms in total. The molecule has 0 aliphatic heterocycles. The molecule has 0 saturated carbocycles. The Morgan fingerprint density at radius 2 is 2.11 bits per heavy atom. The van der Waals surface area contributed by atoms with Crippen LogP contribution >= 0.6 is 23.1 Å². The van der Waals surface area contributed by atoms with Gasteiger partial charge in [0.1, 0.15) is 17.3 Å². The van der Waals surface area contributed by atoms with Crippen LogP contribution in [0.1, 0.15) is 10.7 Å². The number of ether oxygens (including phenoxy) is 2. The summed E-state index contributed by atoms with van der Waals surface area (Å²) < 4.78 is 12.4. The van der Waals surface area contributed by atoms with Gasteiger partial charge < -0.3 is 19.4 Å². The normalized spacial score (nSPS) is 10.6. The van der Waals surface area contributed by atoms with Gasteiger partial charge in [0.2, 0.25) is 5.91 Å². The van der Waals surface area contributed by atoms with Gasteiger partial charge in [-0.15, -0.1) is 21.5 Å². The van der Waals surface area contributed by atoms with Crippen molar-refractivity contribution >= 4 is 34.7 Å². The molecular formula is C18H20N4O3S2. The Labute approximate surface area is 165 Å². The SMILES string of the molecule is COc1ccc(NC(=O)CSc2nnc(Cc3cccs3)n2C)c(OC)c1. The number of carbonyl (C=O) groups is 1. The molecule has 0 radical (unpaired) electrons. The van der Waals surface area contributed by atoms with Crippen molar-refractivity contribution in [3.63, 3.8) is 0 Å². The number of aromatic nitrogens is 3. The molecule has 1 aromatic carbocycles. The van der Waals surface area contributed by atoms with Gasteiger partial charge in [0, 0.05) is 24.4 Å². The molecule has 27 heavy (non-hydrogen) atoms. The predicted molar refractivity (Wildman–Crippen MR) is 107 cm³/mol. The van der Waals surface area contributed by atoms with E-state index in [1.54, 1.807) is 43.8 Å². The van der Waals surface area contributed by atoms with E-state index in [4.69, 9.17) is 9.47 Å². The first-order valence-corrected chi connectivity index (χ1v) is 10.0. The highest BCUT2D eigenvalue weighted by molar-refractivity contribution is 7.99. The second-order valence-corrected chi connectivity index (χ2v) is 7.59. The quantitative estimate of drug-likeness (QED) is 0.581. The van der Waals surface area contributed by atoms with Crippen molar-refractivity contribution < 1.29 is 14.3 Å². The van der Waals surface area contributed by atoms with E-state index in [9.17, 15) is 4.79 Å². The van der Waals surface area contributed by atoms with Crippen LogP contribution < -0.4 is 14.8 Å². The summed E-state index contributed by atoms with van der Waals surface area (Å²) in [7, 11) is 5.04. The molecule has 0 saturated heterocycles. The van der Waals surface area contributed by atoms with Gasteiger partial charge in [-0.25, -0.2) is 0 Å². The number of thioether (sulfide) groups is 1. The van der Waals surface area contributed by atoms with Crippen molar-refractivity contribution in [3.05, 3.63) is 46.4 Å². The Morgan fingerprint density at radius 1 is 1.26 bits per heavy atom. The van der Waals surface area contributed by atoms with Crippen LogP contribution in [0.3, 0.4) is 0 Å². The number of hydrogen-bond donors (Lipinski definition) is 1. The summed E-state index contributed by atoms with van der Waals surface area (Å²) in [5.74, 6) is 2.16. The molecule has 3 aromatic rings. The smallest absolute Gasteiger partial charge is 0.234 e. The molecular weight excluding hydrogens is 384 g/mol. The molecule has 3 rings (SSSR count). The van der Waals surface area contributed by atoms with Gasteiger partial charge in [-0.2, -0.15) is 0 Å². The maximum absolute atomic E-state index is 12.3. The van der Waals surface area contributed by atoms with E-state index in [2.05, 4.69) is 21.6 Å². The lowest BCUT2D eigenvalue weighted by atomic mass is 10.2. The highest BCUT2D eigenvalue weighted by Gasteiger charge is 2.14. The number of anilines is 1. The zero-order valence-electron chi connectivity index (χ0n) is 15.3. The van der Waals surface area contributed by atoms with Gasteiger partial charge in [0.15, 0.2) is 5.16 Å². The highest BCUT2D eigenvalue weighted by atomic mass is 32.2. The zero-order chi connectivity index (χ0) is 19.2. The first kappa shape index (κ1) is 19.2. The first-order chi connectivity index (χ1) is 13.1. The predicted octanol–water partition coefficient (Wildman–Crippen LogP) is 3.22. The number of carbonyl (C=O) groups excluding carboxylic acids is 1. The van der Waals surface area contributed by atoms with Crippen LogP contribution in [0.25, 0.3) is 0 Å². The monoisotopic (exact) mass is 404 g/mol. The zero-order valence-corrected chi connectivity index (χ0v) is 16.9. The summed E-state index contributed by atoms with van der Waals surface area (Å²) in [5.41, 5.74) is 0.597. The molecule has 2 heterocycles. The summed E-state index contributed by atoms with van der Waals surface area (Å²) in [6.45, 7) is 0. The Hall–Kier alpha value is -2.52. The average Bonchev–Trinajstić information content (AvgIpc) is 3.31. The lowest BCUT2D eigenvalue weighted by Crippen LogP contribution is -2.15. The van der Waals surface area contributed by atoms with Crippen LogP contribution in [0.15, 0.2) is 40.9 Å². The van der Waals surface area contributed by atoms with Gasteiger partial charge in [-0.05, 0) is 23.6 Å². The fraction of sp³-hybridized carbons (Fsp3) is 0.278. The third kappa shape index (κ3) is 4.81. The standard InChI is InChI=1S/C18H20N4O3S2/c1-22-16(10-13-5-4-8-26-13)20-21-18(22)27-11-17(23)19-14-7-6-12(24-2)9-15(14)25-3/h4-9H,10-11H2,1-3H3,(H,19,23). The molecule has 0 aliphatic carbocycles. The van der Waals surface area contributed by atoms with E-state index in [0.717, 1.165) is 12.2 Å². The number of rotatable bonds is 8. The maximum Gasteiger partial charge on any atom is 0.234 e. The van der Waals surface area contributed by atoms with E-state index in [1.807, 2.05) is 23.1 Å². The Morgan fingerprint density at radius 3 is 2.81 bits per heavy atom. The van der Waals surface area contributed by atoms with Crippen molar-refractivity contribution in [1.82, 2.24) is 14.8 Å². The summed E-state index contributed by atoms with van der Waals surface area (Å²) in [5, 5.41) is 14.0. The maximum atomic E-state index is 12.3. The Balaban J connectivity index is 1.59. The minimum atomic E-state index is -0.147. The van der Waals surface area contributed by atoms with Crippen LogP contribution in [0.4, 0.5) is 5.69 Å². The molecule has 0 aliphatic rings. The van der Waals surface area contributed by atoms with E-state index in [0.29, 0.717) is 22.3 Å². The van der Waals surface area contributed by atoms with Gasteiger partial charge in [0.25, 0.3) is 0 Å². The molecule has 0 bridgehead atoms. The summed E-state index contributed by atoms with van der Waals surface area (Å²) in [4.78, 5) is 13.5. The van der Waals surface area contributed by atoms with Crippen LogP contribution in [-0.4, -0.2) is 40.6 Å². The van der Waals surface area contributed by atoms with Gasteiger partial charge in [-0.1, -0.05) is 17.8 Å². The summed E-state index contributed by atoms with van der Waals surface area (Å²) in [6, 6.07) is 9.33. The second kappa shape index (κ2) is 8.92. The van der Waals surface area contributed by atoms with Crippen LogP contribution in [-0.2, 0) is 18.3 Å². The van der Waals surface area contributed by atoms with Gasteiger partial charge >= 0.3 is 0 Å². The molecule has 0 spiro atoms. The van der Waals surface area contributed by atoms with Crippen molar-refractivity contribution in [2.24, 2.45) is 7.05 Å². The van der Waals surface area contributed by atoms with E-state index in [-0.39, 0.29) is 11.7 Å². The Bertz CT molecular complexity index is 909. The van der Waals surface area contributed by atoms with Crippen molar-refractivity contribution in [2.75, 3.05) is 25.3 Å². The summed E-state index contributed by atoms with van der Waals surface area (Å²) >= 11 is 3.03. The molecule has 2 aromatic heterocycles. The fourth-order valence-corrected chi connectivity index (χ4v) is 3.84. The van der Waals surface area contributed by atoms with E-state index in [1.165, 1.54) is 16.6 Å². The van der Waals surface area contributed by atoms with Gasteiger partial charge in [0.05, 0.1) is 25.7 Å². The topological polar surface area (TPSA) is 78.3 Å².